The number of ether oxygens (including phenoxy) is 1. The third-order valence-electron chi connectivity index (χ3n) is 9.85. The molecule has 248 valence electrons. The van der Waals surface area contributed by atoms with E-state index in [9.17, 15) is 9.90 Å². The molecule has 0 saturated heterocycles. The first kappa shape index (κ1) is 31.8. The number of furan rings is 1. The van der Waals surface area contributed by atoms with E-state index in [0.717, 1.165) is 87.4 Å². The standard InChI is InChI=1S/C44H37NO4S/c1-3-29(31-15-14-30-16-20-40-44(38(30)25-31)34(22-23-46)28(2)49-40)17-21-43(47)45(39-12-6-4-10-35(39)32-9-8-24-48-27-32)33-18-19-37-36-11-5-7-13-41(36)50-42(37)26-33/h3-15,17-18,21-23,25-27,37,46H,16,19-20,24H2,1-2H3/b21-17-,23-22-,29-3+. The van der Waals surface area contributed by atoms with Gasteiger partial charge in [-0.1, -0.05) is 78.5 Å². The highest BCUT2D eigenvalue weighted by molar-refractivity contribution is 8.03. The van der Waals surface area contributed by atoms with Crippen molar-refractivity contribution in [2.24, 2.45) is 0 Å². The van der Waals surface area contributed by atoms with Gasteiger partial charge in [0.2, 0.25) is 0 Å². The molecule has 1 unspecified atom stereocenters. The normalized spacial score (nSPS) is 17.8. The molecule has 50 heavy (non-hydrogen) atoms. The van der Waals surface area contributed by atoms with Gasteiger partial charge in [-0.2, -0.15) is 0 Å². The van der Waals surface area contributed by atoms with Crippen molar-refractivity contribution < 1.29 is 19.1 Å². The first-order valence-electron chi connectivity index (χ1n) is 17.1. The summed E-state index contributed by atoms with van der Waals surface area (Å²) in [5.74, 6) is 1.91. The zero-order chi connectivity index (χ0) is 34.2. The van der Waals surface area contributed by atoms with Crippen molar-refractivity contribution in [1.29, 1.82) is 0 Å². The Balaban J connectivity index is 1.16. The Morgan fingerprint density at radius 3 is 2.72 bits per heavy atom. The van der Waals surface area contributed by atoms with Crippen LogP contribution in [0.2, 0.25) is 0 Å². The molecule has 5 nitrogen and oxygen atoms in total. The molecule has 4 aromatic rings. The van der Waals surface area contributed by atoms with E-state index >= 15 is 0 Å². The third-order valence-corrected chi connectivity index (χ3v) is 11.1. The Kier molecular flexibility index (Phi) is 8.55. The van der Waals surface area contributed by atoms with Crippen LogP contribution in [0.3, 0.4) is 0 Å². The van der Waals surface area contributed by atoms with Gasteiger partial charge in [0.1, 0.15) is 18.1 Å². The van der Waals surface area contributed by atoms with Gasteiger partial charge in [-0.15, -0.1) is 0 Å². The molecular weight excluding hydrogens is 639 g/mol. The number of allylic oxidation sites excluding steroid dienone is 8. The van der Waals surface area contributed by atoms with Gasteiger partial charge in [0.05, 0.1) is 18.2 Å². The highest BCUT2D eigenvalue weighted by Gasteiger charge is 2.32. The second kappa shape index (κ2) is 13.4. The zero-order valence-corrected chi connectivity index (χ0v) is 28.9. The summed E-state index contributed by atoms with van der Waals surface area (Å²) in [6.45, 7) is 4.46. The quantitative estimate of drug-likeness (QED) is 0.120. The second-order valence-electron chi connectivity index (χ2n) is 12.7. The van der Waals surface area contributed by atoms with Gasteiger partial charge < -0.3 is 14.3 Å². The van der Waals surface area contributed by atoms with E-state index in [1.165, 1.54) is 20.9 Å². The summed E-state index contributed by atoms with van der Waals surface area (Å²) in [6, 6.07) is 23.1. The molecular formula is C44H37NO4S. The molecule has 6 heteroatoms. The lowest BCUT2D eigenvalue weighted by atomic mass is 9.85. The van der Waals surface area contributed by atoms with E-state index in [1.807, 2.05) is 61.2 Å². The number of rotatable bonds is 7. The predicted octanol–water partition coefficient (Wildman–Crippen LogP) is 10.9. The summed E-state index contributed by atoms with van der Waals surface area (Å²) in [5.41, 5.74) is 11.1. The molecule has 1 N–H and O–H groups in total. The first-order valence-corrected chi connectivity index (χ1v) is 17.9. The molecule has 4 aliphatic rings. The number of fused-ring (bicyclic) bond motifs is 6. The number of benzene rings is 3. The van der Waals surface area contributed by atoms with Crippen LogP contribution in [0.4, 0.5) is 5.69 Å². The molecule has 0 bridgehead atoms. The van der Waals surface area contributed by atoms with Crippen molar-refractivity contribution in [3.63, 3.8) is 0 Å². The largest absolute Gasteiger partial charge is 0.516 e. The molecule has 0 spiro atoms. The molecule has 8 rings (SSSR count). The number of hydrogen-bond donors (Lipinski definition) is 1. The van der Waals surface area contributed by atoms with Crippen LogP contribution in [0.5, 0.6) is 0 Å². The fraction of sp³-hybridized carbons (Fsp3) is 0.159. The third kappa shape index (κ3) is 5.69. The minimum atomic E-state index is -0.138. The van der Waals surface area contributed by atoms with Crippen LogP contribution in [-0.4, -0.2) is 17.6 Å². The number of aliphatic hydroxyl groups is 1. The molecule has 2 aliphatic heterocycles. The van der Waals surface area contributed by atoms with Crippen LogP contribution < -0.4 is 4.90 Å². The monoisotopic (exact) mass is 675 g/mol. The molecule has 3 aromatic carbocycles. The van der Waals surface area contributed by atoms with E-state index in [1.54, 1.807) is 30.2 Å². The lowest BCUT2D eigenvalue weighted by molar-refractivity contribution is -0.113. The molecule has 1 amide bonds. The van der Waals surface area contributed by atoms with E-state index in [-0.39, 0.29) is 5.91 Å². The summed E-state index contributed by atoms with van der Waals surface area (Å²) < 4.78 is 11.8. The van der Waals surface area contributed by atoms with Gasteiger partial charge in [0, 0.05) is 51.3 Å². The van der Waals surface area contributed by atoms with Gasteiger partial charge in [-0.3, -0.25) is 9.69 Å². The number of carbonyl (C=O) groups is 1. The van der Waals surface area contributed by atoms with Crippen LogP contribution in [0.25, 0.3) is 28.3 Å². The number of thioether (sulfide) groups is 1. The van der Waals surface area contributed by atoms with E-state index < -0.39 is 0 Å². The fourth-order valence-corrected chi connectivity index (χ4v) is 8.73. The molecule has 1 atom stereocenters. The van der Waals surface area contributed by atoms with Crippen LogP contribution in [-0.2, 0) is 22.4 Å². The molecule has 3 heterocycles. The minimum Gasteiger partial charge on any atom is -0.516 e. The smallest absolute Gasteiger partial charge is 0.255 e. The number of aliphatic hydroxyl groups excluding tert-OH is 1. The highest BCUT2D eigenvalue weighted by Crippen LogP contribution is 2.52. The maximum absolute atomic E-state index is 14.6. The number of hydrogen-bond acceptors (Lipinski definition) is 5. The average molecular weight is 676 g/mol. The number of para-hydroxylation sites is 1. The lowest BCUT2D eigenvalue weighted by Crippen LogP contribution is -2.30. The van der Waals surface area contributed by atoms with Gasteiger partial charge in [0.25, 0.3) is 5.91 Å². The zero-order valence-electron chi connectivity index (χ0n) is 28.1. The van der Waals surface area contributed by atoms with Gasteiger partial charge >= 0.3 is 0 Å². The number of anilines is 1. The topological polar surface area (TPSA) is 62.9 Å². The lowest BCUT2D eigenvalue weighted by Gasteiger charge is -2.29. The Morgan fingerprint density at radius 1 is 1.02 bits per heavy atom. The minimum absolute atomic E-state index is 0.138. The molecule has 0 radical (unpaired) electrons. The number of nitrogens with zero attached hydrogens (tertiary/aromatic N) is 1. The van der Waals surface area contributed by atoms with E-state index in [2.05, 4.69) is 60.7 Å². The Labute approximate surface area is 297 Å². The highest BCUT2D eigenvalue weighted by atomic mass is 32.2. The van der Waals surface area contributed by atoms with Crippen LogP contribution >= 0.6 is 11.8 Å². The summed E-state index contributed by atoms with van der Waals surface area (Å²) in [4.78, 5) is 19.0. The van der Waals surface area contributed by atoms with Crippen molar-refractivity contribution in [1.82, 2.24) is 0 Å². The number of carbonyl (C=O) groups excluding carboxylic acids is 1. The predicted molar refractivity (Wildman–Crippen MR) is 204 cm³/mol. The van der Waals surface area contributed by atoms with Gasteiger partial charge in [-0.25, -0.2) is 0 Å². The maximum Gasteiger partial charge on any atom is 0.255 e. The summed E-state index contributed by atoms with van der Waals surface area (Å²) >= 11 is 1.80. The summed E-state index contributed by atoms with van der Waals surface area (Å²) in [6.07, 6.45) is 21.1. The van der Waals surface area contributed by atoms with Crippen LogP contribution in [0.1, 0.15) is 58.6 Å². The Morgan fingerprint density at radius 2 is 1.88 bits per heavy atom. The molecule has 0 fully saturated rings. The van der Waals surface area contributed by atoms with Crippen molar-refractivity contribution in [3.8, 4) is 11.1 Å². The van der Waals surface area contributed by atoms with Crippen molar-refractivity contribution in [2.45, 2.75) is 43.9 Å². The number of aryl methyl sites for hydroxylation is 3. The molecule has 2 aliphatic carbocycles. The van der Waals surface area contributed by atoms with Crippen molar-refractivity contribution >= 4 is 40.6 Å². The van der Waals surface area contributed by atoms with Crippen LogP contribution in [0, 0.1) is 6.92 Å². The van der Waals surface area contributed by atoms with Gasteiger partial charge in [-0.05, 0) is 102 Å². The fourth-order valence-electron chi connectivity index (χ4n) is 7.46. The van der Waals surface area contributed by atoms with Crippen LogP contribution in [0.15, 0.2) is 142 Å². The van der Waals surface area contributed by atoms with E-state index in [0.29, 0.717) is 12.5 Å². The summed E-state index contributed by atoms with van der Waals surface area (Å²) in [7, 11) is 0. The Bertz CT molecular complexity index is 2240. The van der Waals surface area contributed by atoms with Crippen molar-refractivity contribution in [3.05, 3.63) is 172 Å². The molecule has 1 aromatic heterocycles. The summed E-state index contributed by atoms with van der Waals surface area (Å²) in [5, 5.41) is 9.62. The number of amides is 1. The first-order chi connectivity index (χ1) is 24.5. The average Bonchev–Trinajstić information content (AvgIpc) is 3.69. The Hall–Kier alpha value is -5.46. The SMILES string of the molecule is C/C=C(\C=C/C(=O)N(C1=CCC2C(=C1)Sc1ccccc12)c1ccccc1C1=COCC=C1)c1ccc2c(c1)-c1c(oc(C)c1/C=C\O)CC2. The van der Waals surface area contributed by atoms with Gasteiger partial charge in [0.15, 0.2) is 0 Å². The van der Waals surface area contributed by atoms with E-state index in [4.69, 9.17) is 9.15 Å². The van der Waals surface area contributed by atoms with Crippen molar-refractivity contribution in [2.75, 3.05) is 11.5 Å². The second-order valence-corrected chi connectivity index (χ2v) is 13.9. The molecule has 0 saturated carbocycles. The maximum atomic E-state index is 14.6.